The molecule has 0 aromatic heterocycles. The second kappa shape index (κ2) is 5.82. The molecule has 1 saturated heterocycles. The molecule has 1 aliphatic heterocycles. The van der Waals surface area contributed by atoms with E-state index in [1.54, 1.807) is 0 Å². The van der Waals surface area contributed by atoms with Crippen LogP contribution in [0.25, 0.3) is 0 Å². The number of rotatable bonds is 4. The van der Waals surface area contributed by atoms with Gasteiger partial charge in [0.05, 0.1) is 6.61 Å². The fourth-order valence-corrected chi connectivity index (χ4v) is 1.71. The van der Waals surface area contributed by atoms with E-state index in [-0.39, 0.29) is 5.96 Å². The summed E-state index contributed by atoms with van der Waals surface area (Å²) in [6.07, 6.45) is 3.55. The fraction of sp³-hybridized carbons (Fsp3) is 0.889. The normalized spacial score (nSPS) is 19.5. The number of nitrogens with one attached hydrogen (secondary N) is 2. The maximum atomic E-state index is 6.88. The van der Waals surface area contributed by atoms with Crippen LogP contribution in [0.5, 0.6) is 0 Å². The summed E-state index contributed by atoms with van der Waals surface area (Å²) >= 11 is 0. The molecule has 0 aliphatic carbocycles. The fourth-order valence-electron chi connectivity index (χ4n) is 1.71. The summed E-state index contributed by atoms with van der Waals surface area (Å²) in [5, 5.41) is 6.88. The van der Waals surface area contributed by atoms with E-state index in [2.05, 4.69) is 17.4 Å². The van der Waals surface area contributed by atoms with Gasteiger partial charge in [0, 0.05) is 0 Å². The Balaban J connectivity index is 1.99. The highest BCUT2D eigenvalue weighted by Gasteiger charge is 2.15. The van der Waals surface area contributed by atoms with Crippen molar-refractivity contribution in [1.82, 2.24) is 10.4 Å². The first-order valence-electron chi connectivity index (χ1n) is 5.09. The molecule has 0 saturated carbocycles. The number of likely N-dealkylation sites (tertiary alicyclic amines) is 1. The summed E-state index contributed by atoms with van der Waals surface area (Å²) < 4.78 is 0. The first kappa shape index (κ1) is 11.3. The standard InChI is InChI=1S/C9H20N4O/c1-13-5-2-8(3-6-13)4-7-14-12-9(10)11/h8H,2-7H2,1H3,(H4,10,11,12). The summed E-state index contributed by atoms with van der Waals surface area (Å²) in [4.78, 5) is 7.36. The molecule has 5 heteroatoms. The van der Waals surface area contributed by atoms with Crippen LogP contribution < -0.4 is 11.2 Å². The van der Waals surface area contributed by atoms with Crippen molar-refractivity contribution in [3.8, 4) is 0 Å². The van der Waals surface area contributed by atoms with Gasteiger partial charge in [0.2, 0.25) is 5.96 Å². The molecular formula is C9H20N4O. The summed E-state index contributed by atoms with van der Waals surface area (Å²) in [7, 11) is 2.16. The van der Waals surface area contributed by atoms with E-state index < -0.39 is 0 Å². The summed E-state index contributed by atoms with van der Waals surface area (Å²) in [6, 6.07) is 0. The molecular weight excluding hydrogens is 180 g/mol. The zero-order valence-corrected chi connectivity index (χ0v) is 8.75. The van der Waals surface area contributed by atoms with Crippen molar-refractivity contribution in [2.75, 3.05) is 26.7 Å². The van der Waals surface area contributed by atoms with E-state index >= 15 is 0 Å². The minimum atomic E-state index is -0.131. The van der Waals surface area contributed by atoms with Gasteiger partial charge in [0.15, 0.2) is 0 Å². The molecule has 82 valence electrons. The van der Waals surface area contributed by atoms with E-state index in [1.807, 2.05) is 0 Å². The molecule has 0 amide bonds. The number of hydrogen-bond donors (Lipinski definition) is 3. The Morgan fingerprint density at radius 2 is 2.21 bits per heavy atom. The summed E-state index contributed by atoms with van der Waals surface area (Å²) in [5.41, 5.74) is 7.41. The molecule has 0 spiro atoms. The van der Waals surface area contributed by atoms with Gasteiger partial charge in [-0.25, -0.2) is 5.48 Å². The number of hydroxylamine groups is 1. The number of hydrogen-bond acceptors (Lipinski definition) is 3. The van der Waals surface area contributed by atoms with Crippen LogP contribution in [0.3, 0.4) is 0 Å². The van der Waals surface area contributed by atoms with Crippen molar-refractivity contribution in [1.29, 1.82) is 5.41 Å². The topological polar surface area (TPSA) is 74.4 Å². The van der Waals surface area contributed by atoms with Gasteiger partial charge in [-0.05, 0) is 45.3 Å². The maximum Gasteiger partial charge on any atom is 0.210 e. The smallest absolute Gasteiger partial charge is 0.210 e. The highest BCUT2D eigenvalue weighted by Crippen LogP contribution is 2.18. The second-order valence-corrected chi connectivity index (χ2v) is 3.90. The minimum absolute atomic E-state index is 0.131. The highest BCUT2D eigenvalue weighted by molar-refractivity contribution is 5.72. The van der Waals surface area contributed by atoms with Crippen molar-refractivity contribution >= 4 is 5.96 Å². The monoisotopic (exact) mass is 200 g/mol. The van der Waals surface area contributed by atoms with Crippen LogP contribution >= 0.6 is 0 Å². The van der Waals surface area contributed by atoms with Gasteiger partial charge in [0.1, 0.15) is 0 Å². The van der Waals surface area contributed by atoms with Crippen LogP contribution in [0.4, 0.5) is 0 Å². The largest absolute Gasteiger partial charge is 0.368 e. The van der Waals surface area contributed by atoms with Gasteiger partial charge >= 0.3 is 0 Å². The Labute approximate surface area is 85.1 Å². The number of nitrogens with zero attached hydrogens (tertiary/aromatic N) is 1. The Hall–Kier alpha value is -0.810. The molecule has 0 aromatic carbocycles. The van der Waals surface area contributed by atoms with Gasteiger partial charge in [-0.1, -0.05) is 0 Å². The zero-order valence-electron chi connectivity index (χ0n) is 8.75. The van der Waals surface area contributed by atoms with Crippen LogP contribution in [0.2, 0.25) is 0 Å². The number of nitrogens with two attached hydrogens (primary N) is 1. The molecule has 0 atom stereocenters. The third-order valence-corrected chi connectivity index (χ3v) is 2.65. The lowest BCUT2D eigenvalue weighted by Gasteiger charge is -2.28. The molecule has 14 heavy (non-hydrogen) atoms. The summed E-state index contributed by atoms with van der Waals surface area (Å²) in [5.74, 6) is 0.633. The Bertz CT molecular complexity index is 178. The van der Waals surface area contributed by atoms with Crippen LogP contribution in [0, 0.1) is 11.3 Å². The van der Waals surface area contributed by atoms with E-state index in [1.165, 1.54) is 25.9 Å². The maximum absolute atomic E-state index is 6.88. The van der Waals surface area contributed by atoms with Crippen LogP contribution in [0.15, 0.2) is 0 Å². The van der Waals surface area contributed by atoms with E-state index in [9.17, 15) is 0 Å². The van der Waals surface area contributed by atoms with Crippen molar-refractivity contribution in [3.63, 3.8) is 0 Å². The minimum Gasteiger partial charge on any atom is -0.368 e. The van der Waals surface area contributed by atoms with Crippen molar-refractivity contribution in [2.24, 2.45) is 11.7 Å². The van der Waals surface area contributed by atoms with E-state index in [0.29, 0.717) is 6.61 Å². The second-order valence-electron chi connectivity index (χ2n) is 3.90. The average Bonchev–Trinajstić information content (AvgIpc) is 2.15. The predicted molar refractivity (Wildman–Crippen MR) is 55.8 cm³/mol. The molecule has 1 fully saturated rings. The van der Waals surface area contributed by atoms with Crippen molar-refractivity contribution < 1.29 is 4.84 Å². The van der Waals surface area contributed by atoms with Gasteiger partial charge in [0.25, 0.3) is 0 Å². The predicted octanol–water partition coefficient (Wildman–Crippen LogP) is 0.133. The molecule has 0 bridgehead atoms. The lowest BCUT2D eigenvalue weighted by molar-refractivity contribution is 0.0643. The molecule has 5 nitrogen and oxygen atoms in total. The molecule has 0 aromatic rings. The first-order valence-corrected chi connectivity index (χ1v) is 5.09. The molecule has 0 unspecified atom stereocenters. The van der Waals surface area contributed by atoms with E-state index in [4.69, 9.17) is 16.0 Å². The van der Waals surface area contributed by atoms with Crippen LogP contribution in [-0.2, 0) is 4.84 Å². The third kappa shape index (κ3) is 4.43. The Morgan fingerprint density at radius 3 is 2.79 bits per heavy atom. The molecule has 1 aliphatic rings. The van der Waals surface area contributed by atoms with Gasteiger partial charge in [-0.2, -0.15) is 0 Å². The summed E-state index contributed by atoms with van der Waals surface area (Å²) in [6.45, 7) is 3.00. The van der Waals surface area contributed by atoms with Crippen LogP contribution in [0.1, 0.15) is 19.3 Å². The average molecular weight is 200 g/mol. The van der Waals surface area contributed by atoms with Gasteiger partial charge in [-0.3, -0.25) is 10.2 Å². The van der Waals surface area contributed by atoms with Crippen LogP contribution in [-0.4, -0.2) is 37.6 Å². The third-order valence-electron chi connectivity index (χ3n) is 2.65. The van der Waals surface area contributed by atoms with Crippen molar-refractivity contribution in [2.45, 2.75) is 19.3 Å². The van der Waals surface area contributed by atoms with Gasteiger partial charge < -0.3 is 10.6 Å². The molecule has 0 radical (unpaired) electrons. The Morgan fingerprint density at radius 1 is 1.57 bits per heavy atom. The number of guanidine groups is 1. The lowest BCUT2D eigenvalue weighted by atomic mass is 9.94. The number of piperidine rings is 1. The van der Waals surface area contributed by atoms with E-state index in [0.717, 1.165) is 12.3 Å². The molecule has 4 N–H and O–H groups in total. The highest BCUT2D eigenvalue weighted by atomic mass is 16.6. The Kier molecular flexibility index (Phi) is 4.69. The van der Waals surface area contributed by atoms with Gasteiger partial charge in [-0.15, -0.1) is 0 Å². The molecule has 1 heterocycles. The first-order chi connectivity index (χ1) is 6.68. The quantitative estimate of drug-likeness (QED) is 0.261. The molecule has 1 rings (SSSR count). The lowest BCUT2D eigenvalue weighted by Crippen LogP contribution is -2.33. The SMILES string of the molecule is CN1CCC(CCONC(=N)N)CC1. The van der Waals surface area contributed by atoms with Crippen molar-refractivity contribution in [3.05, 3.63) is 0 Å². The zero-order chi connectivity index (χ0) is 10.4.